The first-order valence-corrected chi connectivity index (χ1v) is 15.9. The summed E-state index contributed by atoms with van der Waals surface area (Å²) < 4.78 is 4.89. The van der Waals surface area contributed by atoms with Crippen LogP contribution in [-0.4, -0.2) is 9.13 Å². The van der Waals surface area contributed by atoms with Gasteiger partial charge < -0.3 is 9.13 Å². The van der Waals surface area contributed by atoms with Gasteiger partial charge in [-0.1, -0.05) is 127 Å². The fraction of sp³-hybridized carbons (Fsp3) is 0. The van der Waals surface area contributed by atoms with Gasteiger partial charge in [0.1, 0.15) is 0 Å². The zero-order valence-electron chi connectivity index (χ0n) is 25.1. The van der Waals surface area contributed by atoms with Gasteiger partial charge in [-0.05, 0) is 69.8 Å². The quantitative estimate of drug-likeness (QED) is 0.183. The van der Waals surface area contributed by atoms with Crippen LogP contribution in [0.2, 0.25) is 0 Å². The minimum atomic E-state index is 1.17. The van der Waals surface area contributed by atoms with E-state index in [1.54, 1.807) is 0 Å². The van der Waals surface area contributed by atoms with Crippen molar-refractivity contribution in [1.29, 1.82) is 0 Å². The average molecular weight is 585 g/mol. The second-order valence-corrected chi connectivity index (χ2v) is 12.1. The lowest BCUT2D eigenvalue weighted by Gasteiger charge is -2.13. The number of benzene rings is 8. The Kier molecular flexibility index (Phi) is 5.31. The summed E-state index contributed by atoms with van der Waals surface area (Å²) in [6.45, 7) is 0. The van der Waals surface area contributed by atoms with Crippen molar-refractivity contribution in [3.63, 3.8) is 0 Å². The first-order valence-electron chi connectivity index (χ1n) is 15.9. The molecule has 0 aliphatic rings. The Hall–Kier alpha value is -6.12. The number of nitrogens with zero attached hydrogens (tertiary/aromatic N) is 2. The molecule has 0 saturated heterocycles. The monoisotopic (exact) mass is 584 g/mol. The topological polar surface area (TPSA) is 9.86 Å². The van der Waals surface area contributed by atoms with Crippen LogP contribution in [0.3, 0.4) is 0 Å². The minimum Gasteiger partial charge on any atom is -0.309 e. The van der Waals surface area contributed by atoms with Gasteiger partial charge in [0.2, 0.25) is 0 Å². The summed E-state index contributed by atoms with van der Waals surface area (Å²) in [5.74, 6) is 0. The summed E-state index contributed by atoms with van der Waals surface area (Å²) in [4.78, 5) is 0. The highest BCUT2D eigenvalue weighted by atomic mass is 15.0. The molecule has 214 valence electrons. The van der Waals surface area contributed by atoms with E-state index in [9.17, 15) is 0 Å². The lowest BCUT2D eigenvalue weighted by molar-refractivity contribution is 1.18. The van der Waals surface area contributed by atoms with Crippen LogP contribution in [0.5, 0.6) is 0 Å². The second kappa shape index (κ2) is 9.69. The highest BCUT2D eigenvalue weighted by Gasteiger charge is 2.19. The normalized spacial score (nSPS) is 11.9. The Morgan fingerprint density at radius 1 is 0.304 bits per heavy atom. The molecule has 0 aliphatic heterocycles. The van der Waals surface area contributed by atoms with Gasteiger partial charge in [-0.3, -0.25) is 0 Å². The van der Waals surface area contributed by atoms with Gasteiger partial charge in [0, 0.05) is 38.3 Å². The van der Waals surface area contributed by atoms with Crippen molar-refractivity contribution < 1.29 is 0 Å². The maximum absolute atomic E-state index is 2.45. The number of aromatic nitrogens is 2. The minimum absolute atomic E-state index is 1.17. The lowest BCUT2D eigenvalue weighted by Crippen LogP contribution is -1.95. The maximum atomic E-state index is 2.45. The van der Waals surface area contributed by atoms with Crippen LogP contribution in [0, 0.1) is 0 Å². The molecular weight excluding hydrogens is 556 g/mol. The van der Waals surface area contributed by atoms with Gasteiger partial charge >= 0.3 is 0 Å². The van der Waals surface area contributed by atoms with Crippen LogP contribution in [0.4, 0.5) is 0 Å². The lowest BCUT2D eigenvalue weighted by atomic mass is 9.96. The van der Waals surface area contributed by atoms with Crippen molar-refractivity contribution in [2.75, 3.05) is 0 Å². The van der Waals surface area contributed by atoms with Gasteiger partial charge in [-0.15, -0.1) is 0 Å². The number of hydrogen-bond acceptors (Lipinski definition) is 0. The molecule has 0 amide bonds. The molecule has 0 unspecified atom stereocenters. The smallest absolute Gasteiger partial charge is 0.0625 e. The molecule has 2 heteroatoms. The summed E-state index contributed by atoms with van der Waals surface area (Å²) in [5, 5.41) is 10.2. The van der Waals surface area contributed by atoms with Crippen molar-refractivity contribution in [2.24, 2.45) is 0 Å². The van der Waals surface area contributed by atoms with Gasteiger partial charge in [0.25, 0.3) is 0 Å². The summed E-state index contributed by atoms with van der Waals surface area (Å²) in [6, 6.07) is 61.9. The van der Waals surface area contributed by atoms with Crippen molar-refractivity contribution in [1.82, 2.24) is 9.13 Å². The van der Waals surface area contributed by atoms with Crippen LogP contribution >= 0.6 is 0 Å². The van der Waals surface area contributed by atoms with Gasteiger partial charge in [-0.25, -0.2) is 0 Å². The molecular formula is C44H28N2. The Morgan fingerprint density at radius 3 is 1.70 bits per heavy atom. The van der Waals surface area contributed by atoms with E-state index in [0.717, 1.165) is 0 Å². The van der Waals surface area contributed by atoms with Crippen LogP contribution in [0.25, 0.3) is 87.7 Å². The molecule has 46 heavy (non-hydrogen) atoms. The summed E-state index contributed by atoms with van der Waals surface area (Å²) in [6.07, 6.45) is 0. The Bertz CT molecular complexity index is 2780. The Balaban J connectivity index is 1.34. The first kappa shape index (κ1) is 25.2. The highest BCUT2D eigenvalue weighted by molar-refractivity contribution is 6.31. The molecule has 0 atom stereocenters. The van der Waals surface area contributed by atoms with E-state index in [1.165, 1.54) is 87.7 Å². The molecule has 2 heterocycles. The van der Waals surface area contributed by atoms with E-state index in [-0.39, 0.29) is 0 Å². The van der Waals surface area contributed by atoms with Crippen LogP contribution in [0.15, 0.2) is 170 Å². The molecule has 0 fully saturated rings. The van der Waals surface area contributed by atoms with Crippen molar-refractivity contribution in [3.8, 4) is 22.5 Å². The third kappa shape index (κ3) is 3.53. The molecule has 8 aromatic carbocycles. The third-order valence-corrected chi connectivity index (χ3v) is 9.67. The summed E-state index contributed by atoms with van der Waals surface area (Å²) >= 11 is 0. The summed E-state index contributed by atoms with van der Waals surface area (Å²) in [5.41, 5.74) is 9.69. The zero-order chi connectivity index (χ0) is 30.2. The van der Waals surface area contributed by atoms with Gasteiger partial charge in [-0.2, -0.15) is 0 Å². The van der Waals surface area contributed by atoms with Crippen LogP contribution < -0.4 is 0 Å². The van der Waals surface area contributed by atoms with E-state index in [0.29, 0.717) is 0 Å². The molecule has 2 nitrogen and oxygen atoms in total. The van der Waals surface area contributed by atoms with E-state index in [1.807, 2.05) is 0 Å². The third-order valence-electron chi connectivity index (χ3n) is 9.67. The summed E-state index contributed by atoms with van der Waals surface area (Å²) in [7, 11) is 0. The molecule has 0 spiro atoms. The molecule has 0 saturated carbocycles. The molecule has 10 rings (SSSR count). The molecule has 0 N–H and O–H groups in total. The number of rotatable bonds is 3. The van der Waals surface area contributed by atoms with Crippen molar-refractivity contribution >= 4 is 65.2 Å². The van der Waals surface area contributed by atoms with E-state index < -0.39 is 0 Å². The SMILES string of the molecule is c1ccc(-c2cccc(-n3c4ccccc4c4c5ccc6ccc7c8ccccc8n(-c8ccccc8)c7c6c5ccc43)c2)cc1. The van der Waals surface area contributed by atoms with E-state index in [2.05, 4.69) is 179 Å². The molecule has 0 radical (unpaired) electrons. The largest absolute Gasteiger partial charge is 0.309 e. The fourth-order valence-electron chi connectivity index (χ4n) is 7.73. The highest BCUT2D eigenvalue weighted by Crippen LogP contribution is 2.43. The van der Waals surface area contributed by atoms with E-state index >= 15 is 0 Å². The first-order chi connectivity index (χ1) is 22.8. The number of hydrogen-bond donors (Lipinski definition) is 0. The molecule has 10 aromatic rings. The van der Waals surface area contributed by atoms with Gasteiger partial charge in [0.05, 0.1) is 22.1 Å². The van der Waals surface area contributed by atoms with E-state index in [4.69, 9.17) is 0 Å². The molecule has 0 aliphatic carbocycles. The predicted octanol–water partition coefficient (Wildman–Crippen LogP) is 11.9. The zero-order valence-corrected chi connectivity index (χ0v) is 25.1. The number of fused-ring (bicyclic) bond motifs is 11. The fourth-order valence-corrected chi connectivity index (χ4v) is 7.73. The number of para-hydroxylation sites is 3. The molecule has 2 aromatic heterocycles. The Morgan fingerprint density at radius 2 is 0.891 bits per heavy atom. The predicted molar refractivity (Wildman–Crippen MR) is 196 cm³/mol. The van der Waals surface area contributed by atoms with Crippen LogP contribution in [-0.2, 0) is 0 Å². The Labute approximate surface area is 266 Å². The standard InChI is InChI=1S/C44H28N2/c1-3-12-29(13-4-1)31-14-11-17-33(28-31)45-40-21-10-8-19-38(40)43-36-24-22-30-23-25-37-34-18-7-9-20-39(34)46(32-15-5-2-6-16-32)44(37)42(30)35(36)26-27-41(43)45/h1-28H. The van der Waals surface area contributed by atoms with Gasteiger partial charge in [0.15, 0.2) is 0 Å². The molecule has 0 bridgehead atoms. The van der Waals surface area contributed by atoms with Crippen LogP contribution in [0.1, 0.15) is 0 Å². The maximum Gasteiger partial charge on any atom is 0.0625 e. The second-order valence-electron chi connectivity index (χ2n) is 12.1. The average Bonchev–Trinajstić information content (AvgIpc) is 3.65. The van der Waals surface area contributed by atoms with Crippen molar-refractivity contribution in [2.45, 2.75) is 0 Å². The van der Waals surface area contributed by atoms with Crippen molar-refractivity contribution in [3.05, 3.63) is 170 Å².